The van der Waals surface area contributed by atoms with E-state index in [1.54, 1.807) is 0 Å². The Labute approximate surface area is 117 Å². The van der Waals surface area contributed by atoms with E-state index in [0.29, 0.717) is 17.5 Å². The lowest BCUT2D eigenvalue weighted by Gasteiger charge is -2.22. The van der Waals surface area contributed by atoms with Crippen molar-refractivity contribution in [2.75, 3.05) is 6.61 Å². The smallest absolute Gasteiger partial charge is 0.119 e. The van der Waals surface area contributed by atoms with Crippen LogP contribution in [0.15, 0.2) is 24.3 Å². The maximum absolute atomic E-state index is 5.82. The van der Waals surface area contributed by atoms with Crippen molar-refractivity contribution in [1.29, 1.82) is 0 Å². The van der Waals surface area contributed by atoms with Crippen molar-refractivity contribution in [3.8, 4) is 5.75 Å². The molecule has 2 heteroatoms. The molecule has 1 N–H and O–H groups in total. The first-order valence-electron chi connectivity index (χ1n) is 7.40. The quantitative estimate of drug-likeness (QED) is 0.867. The molecule has 0 heterocycles. The van der Waals surface area contributed by atoms with E-state index >= 15 is 0 Å². The second-order valence-corrected chi connectivity index (χ2v) is 6.80. The fraction of sp³-hybridized carbons (Fsp3) is 0.647. The van der Waals surface area contributed by atoms with Gasteiger partial charge < -0.3 is 10.1 Å². The summed E-state index contributed by atoms with van der Waals surface area (Å²) < 4.78 is 5.82. The summed E-state index contributed by atoms with van der Waals surface area (Å²) in [7, 11) is 0. The molecule has 2 nitrogen and oxygen atoms in total. The van der Waals surface area contributed by atoms with E-state index in [0.717, 1.165) is 12.4 Å². The van der Waals surface area contributed by atoms with Gasteiger partial charge in [-0.25, -0.2) is 0 Å². The summed E-state index contributed by atoms with van der Waals surface area (Å²) in [5.74, 6) is 0.964. The summed E-state index contributed by atoms with van der Waals surface area (Å²) in [6.45, 7) is 9.76. The van der Waals surface area contributed by atoms with Crippen molar-refractivity contribution in [3.05, 3.63) is 29.8 Å². The molecule has 0 amide bonds. The minimum atomic E-state index is 0.403. The van der Waals surface area contributed by atoms with Crippen LogP contribution in [0.5, 0.6) is 5.75 Å². The van der Waals surface area contributed by atoms with Gasteiger partial charge >= 0.3 is 0 Å². The van der Waals surface area contributed by atoms with Crippen LogP contribution in [0.3, 0.4) is 0 Å². The molecule has 0 aliphatic heterocycles. The molecule has 1 aromatic rings. The molecular weight excluding hydrogens is 234 g/mol. The Bertz CT molecular complexity index is 396. The maximum atomic E-state index is 5.82. The van der Waals surface area contributed by atoms with Gasteiger partial charge in [0.05, 0.1) is 0 Å². The van der Waals surface area contributed by atoms with Crippen molar-refractivity contribution >= 4 is 0 Å². The number of nitrogens with one attached hydrogen (secondary N) is 1. The Hall–Kier alpha value is -1.02. The molecule has 1 aromatic carbocycles. The van der Waals surface area contributed by atoms with Gasteiger partial charge in [-0.3, -0.25) is 0 Å². The summed E-state index contributed by atoms with van der Waals surface area (Å²) >= 11 is 0. The van der Waals surface area contributed by atoms with E-state index in [2.05, 4.69) is 45.1 Å². The molecule has 2 rings (SSSR count). The molecule has 2 unspecified atom stereocenters. The third-order valence-electron chi connectivity index (χ3n) is 4.01. The zero-order valence-corrected chi connectivity index (χ0v) is 12.7. The summed E-state index contributed by atoms with van der Waals surface area (Å²) in [6, 6.07) is 9.33. The van der Waals surface area contributed by atoms with E-state index < -0.39 is 0 Å². The highest BCUT2D eigenvalue weighted by Crippen LogP contribution is 2.37. The normalized spacial score (nSPS) is 23.3. The fourth-order valence-corrected chi connectivity index (χ4v) is 2.88. The van der Waals surface area contributed by atoms with E-state index in [-0.39, 0.29) is 0 Å². The van der Waals surface area contributed by atoms with Gasteiger partial charge in [-0.1, -0.05) is 31.5 Å². The molecule has 1 aliphatic rings. The lowest BCUT2D eigenvalue weighted by molar-refractivity contribution is 0.256. The zero-order chi connectivity index (χ0) is 13.9. The molecule has 1 fully saturated rings. The molecule has 0 radical (unpaired) electrons. The summed E-state index contributed by atoms with van der Waals surface area (Å²) in [5, 5.41) is 3.69. The standard InChI is InChI=1S/C17H27NO/c1-13-5-7-16(8-6-13)19-12-14(2)18-15-9-10-17(3,4)11-15/h5-8,14-15,18H,9-12H2,1-4H3. The highest BCUT2D eigenvalue weighted by Gasteiger charge is 2.31. The van der Waals surface area contributed by atoms with Crippen LogP contribution in [0, 0.1) is 12.3 Å². The first-order valence-corrected chi connectivity index (χ1v) is 7.40. The number of ether oxygens (including phenoxy) is 1. The average molecular weight is 261 g/mol. The average Bonchev–Trinajstić information content (AvgIpc) is 2.68. The van der Waals surface area contributed by atoms with Crippen LogP contribution < -0.4 is 10.1 Å². The van der Waals surface area contributed by atoms with Gasteiger partial charge in [0.25, 0.3) is 0 Å². The van der Waals surface area contributed by atoms with Gasteiger partial charge in [0.15, 0.2) is 0 Å². The highest BCUT2D eigenvalue weighted by molar-refractivity contribution is 5.26. The van der Waals surface area contributed by atoms with Crippen LogP contribution >= 0.6 is 0 Å². The molecule has 19 heavy (non-hydrogen) atoms. The zero-order valence-electron chi connectivity index (χ0n) is 12.7. The number of aryl methyl sites for hydroxylation is 1. The van der Waals surface area contributed by atoms with E-state index in [1.807, 2.05) is 12.1 Å². The Balaban J connectivity index is 1.73. The fourth-order valence-electron chi connectivity index (χ4n) is 2.88. The Morgan fingerprint density at radius 3 is 2.58 bits per heavy atom. The second kappa shape index (κ2) is 5.96. The summed E-state index contributed by atoms with van der Waals surface area (Å²) in [4.78, 5) is 0. The van der Waals surface area contributed by atoms with Crippen molar-refractivity contribution in [1.82, 2.24) is 5.32 Å². The lowest BCUT2D eigenvalue weighted by Crippen LogP contribution is -2.39. The summed E-state index contributed by atoms with van der Waals surface area (Å²) in [5.41, 5.74) is 1.78. The first-order chi connectivity index (χ1) is 8.94. The van der Waals surface area contributed by atoms with Gasteiger partial charge in [0.1, 0.15) is 12.4 Å². The van der Waals surface area contributed by atoms with Gasteiger partial charge in [0.2, 0.25) is 0 Å². The van der Waals surface area contributed by atoms with Gasteiger partial charge in [0, 0.05) is 12.1 Å². The van der Waals surface area contributed by atoms with Crippen LogP contribution in [0.4, 0.5) is 0 Å². The van der Waals surface area contributed by atoms with E-state index in [4.69, 9.17) is 4.74 Å². The molecular formula is C17H27NO. The van der Waals surface area contributed by atoms with Crippen LogP contribution in [0.1, 0.15) is 45.6 Å². The third kappa shape index (κ3) is 4.54. The molecule has 0 aromatic heterocycles. The number of rotatable bonds is 5. The lowest BCUT2D eigenvalue weighted by atomic mass is 9.92. The van der Waals surface area contributed by atoms with E-state index in [9.17, 15) is 0 Å². The van der Waals surface area contributed by atoms with Gasteiger partial charge in [-0.05, 0) is 50.7 Å². The predicted octanol–water partition coefficient (Wildman–Crippen LogP) is 3.93. The molecule has 0 spiro atoms. The SMILES string of the molecule is Cc1ccc(OCC(C)NC2CCC(C)(C)C2)cc1. The molecule has 1 saturated carbocycles. The molecule has 106 valence electrons. The number of hydrogen-bond donors (Lipinski definition) is 1. The van der Waals surface area contributed by atoms with Gasteiger partial charge in [-0.15, -0.1) is 0 Å². The van der Waals surface area contributed by atoms with Gasteiger partial charge in [-0.2, -0.15) is 0 Å². The second-order valence-electron chi connectivity index (χ2n) is 6.80. The number of hydrogen-bond acceptors (Lipinski definition) is 2. The highest BCUT2D eigenvalue weighted by atomic mass is 16.5. The minimum absolute atomic E-state index is 0.403. The Kier molecular flexibility index (Phi) is 4.51. The predicted molar refractivity (Wildman–Crippen MR) is 80.7 cm³/mol. The van der Waals surface area contributed by atoms with Crippen LogP contribution in [0.25, 0.3) is 0 Å². The largest absolute Gasteiger partial charge is 0.492 e. The van der Waals surface area contributed by atoms with Crippen LogP contribution in [-0.4, -0.2) is 18.7 Å². The van der Waals surface area contributed by atoms with Crippen LogP contribution in [0.2, 0.25) is 0 Å². The third-order valence-corrected chi connectivity index (χ3v) is 4.01. The van der Waals surface area contributed by atoms with Crippen LogP contribution in [-0.2, 0) is 0 Å². The summed E-state index contributed by atoms with van der Waals surface area (Å²) in [6.07, 6.45) is 3.90. The molecule has 0 saturated heterocycles. The Morgan fingerprint density at radius 1 is 1.32 bits per heavy atom. The van der Waals surface area contributed by atoms with Crippen molar-refractivity contribution in [2.24, 2.45) is 5.41 Å². The molecule has 2 atom stereocenters. The Morgan fingerprint density at radius 2 is 2.00 bits per heavy atom. The molecule has 1 aliphatic carbocycles. The number of benzene rings is 1. The maximum Gasteiger partial charge on any atom is 0.119 e. The van der Waals surface area contributed by atoms with Crippen molar-refractivity contribution < 1.29 is 4.74 Å². The topological polar surface area (TPSA) is 21.3 Å². The molecule has 0 bridgehead atoms. The minimum Gasteiger partial charge on any atom is -0.492 e. The monoisotopic (exact) mass is 261 g/mol. The van der Waals surface area contributed by atoms with Crippen molar-refractivity contribution in [2.45, 2.75) is 59.0 Å². The van der Waals surface area contributed by atoms with Crippen molar-refractivity contribution in [3.63, 3.8) is 0 Å². The first kappa shape index (κ1) is 14.4. The van der Waals surface area contributed by atoms with E-state index in [1.165, 1.54) is 24.8 Å².